The summed E-state index contributed by atoms with van der Waals surface area (Å²) >= 11 is 14.8. The van der Waals surface area contributed by atoms with E-state index in [9.17, 15) is 4.79 Å². The van der Waals surface area contributed by atoms with E-state index in [0.29, 0.717) is 32.6 Å². The highest BCUT2D eigenvalue weighted by molar-refractivity contribution is 7.99. The predicted molar refractivity (Wildman–Crippen MR) is 133 cm³/mol. The van der Waals surface area contributed by atoms with E-state index in [2.05, 4.69) is 27.1 Å². The van der Waals surface area contributed by atoms with E-state index < -0.39 is 0 Å². The van der Waals surface area contributed by atoms with E-state index in [1.807, 2.05) is 40.3 Å². The zero-order chi connectivity index (χ0) is 22.5. The summed E-state index contributed by atoms with van der Waals surface area (Å²) in [4.78, 5) is 17.0. The maximum absolute atomic E-state index is 12.5. The van der Waals surface area contributed by atoms with Gasteiger partial charge in [-0.25, -0.2) is 4.98 Å². The van der Waals surface area contributed by atoms with E-state index >= 15 is 0 Å². The average Bonchev–Trinajstić information content (AvgIpc) is 3.40. The van der Waals surface area contributed by atoms with Gasteiger partial charge in [0.1, 0.15) is 0 Å². The van der Waals surface area contributed by atoms with Crippen LogP contribution in [0, 0.1) is 0 Å². The molecule has 162 valence electrons. The number of nitrogens with zero attached hydrogens (tertiary/aromatic N) is 4. The van der Waals surface area contributed by atoms with Gasteiger partial charge >= 0.3 is 0 Å². The first-order chi connectivity index (χ1) is 15.5. The lowest BCUT2D eigenvalue weighted by Gasteiger charge is -2.07. The second kappa shape index (κ2) is 10.3. The monoisotopic (exact) mass is 501 g/mol. The number of anilines is 1. The van der Waals surface area contributed by atoms with Crippen molar-refractivity contribution >= 4 is 57.3 Å². The molecular formula is C22H17Cl2N5OS2. The molecule has 2 aromatic heterocycles. The van der Waals surface area contributed by atoms with Gasteiger partial charge in [0.05, 0.1) is 16.5 Å². The smallest absolute Gasteiger partial charge is 0.236 e. The molecule has 0 atom stereocenters. The number of amides is 1. The SMILES string of the molecule is C=CCn1c(SCC(=O)Nc2nc(-c3ccc(Cl)cc3Cl)cs2)nnc1-c1ccccc1. The zero-order valence-corrected chi connectivity index (χ0v) is 19.8. The first-order valence-electron chi connectivity index (χ1n) is 9.48. The zero-order valence-electron chi connectivity index (χ0n) is 16.7. The highest BCUT2D eigenvalue weighted by Gasteiger charge is 2.16. The Kier molecular flexibility index (Phi) is 7.26. The van der Waals surface area contributed by atoms with Crippen molar-refractivity contribution in [1.82, 2.24) is 19.7 Å². The average molecular weight is 502 g/mol. The Balaban J connectivity index is 1.42. The number of nitrogens with one attached hydrogen (secondary N) is 1. The van der Waals surface area contributed by atoms with E-state index in [1.54, 1.807) is 24.3 Å². The normalized spacial score (nSPS) is 10.8. The Morgan fingerprint density at radius 1 is 1.19 bits per heavy atom. The molecule has 6 nitrogen and oxygen atoms in total. The van der Waals surface area contributed by atoms with Crippen LogP contribution in [0.2, 0.25) is 10.0 Å². The minimum Gasteiger partial charge on any atom is -0.301 e. The van der Waals surface area contributed by atoms with Crippen molar-refractivity contribution in [3.05, 3.63) is 76.6 Å². The summed E-state index contributed by atoms with van der Waals surface area (Å²) in [6, 6.07) is 15.0. The molecule has 0 spiro atoms. The van der Waals surface area contributed by atoms with Gasteiger partial charge in [0, 0.05) is 28.1 Å². The third kappa shape index (κ3) is 5.21. The molecular weight excluding hydrogens is 485 g/mol. The van der Waals surface area contributed by atoms with Crippen molar-refractivity contribution < 1.29 is 4.79 Å². The van der Waals surface area contributed by atoms with Crippen LogP contribution in [-0.4, -0.2) is 31.4 Å². The van der Waals surface area contributed by atoms with E-state index in [1.165, 1.54) is 23.1 Å². The van der Waals surface area contributed by atoms with Crippen LogP contribution >= 0.6 is 46.3 Å². The number of carbonyl (C=O) groups excluding carboxylic acids is 1. The molecule has 0 radical (unpaired) electrons. The van der Waals surface area contributed by atoms with Crippen LogP contribution in [0.15, 0.2) is 71.7 Å². The van der Waals surface area contributed by atoms with Gasteiger partial charge in [-0.2, -0.15) is 0 Å². The topological polar surface area (TPSA) is 72.7 Å². The minimum atomic E-state index is -0.187. The molecule has 0 aliphatic heterocycles. The first kappa shape index (κ1) is 22.5. The Morgan fingerprint density at radius 3 is 2.75 bits per heavy atom. The Morgan fingerprint density at radius 2 is 2.00 bits per heavy atom. The number of aromatic nitrogens is 4. The van der Waals surface area contributed by atoms with Gasteiger partial charge < -0.3 is 5.32 Å². The molecule has 1 N–H and O–H groups in total. The van der Waals surface area contributed by atoms with Gasteiger partial charge in [-0.3, -0.25) is 9.36 Å². The van der Waals surface area contributed by atoms with Gasteiger partial charge in [0.15, 0.2) is 16.1 Å². The molecule has 1 amide bonds. The molecule has 4 aromatic rings. The Hall–Kier alpha value is -2.65. The first-order valence-corrected chi connectivity index (χ1v) is 12.1. The van der Waals surface area contributed by atoms with Crippen molar-refractivity contribution in [3.8, 4) is 22.6 Å². The maximum atomic E-state index is 12.5. The van der Waals surface area contributed by atoms with E-state index in [-0.39, 0.29) is 11.7 Å². The number of benzene rings is 2. The summed E-state index contributed by atoms with van der Waals surface area (Å²) in [5.74, 6) is 0.714. The number of rotatable bonds is 8. The lowest BCUT2D eigenvalue weighted by atomic mass is 10.2. The van der Waals surface area contributed by atoms with Crippen LogP contribution in [0.5, 0.6) is 0 Å². The Bertz CT molecular complexity index is 1260. The molecule has 10 heteroatoms. The summed E-state index contributed by atoms with van der Waals surface area (Å²) in [5, 5.41) is 15.4. The fourth-order valence-corrected chi connectivity index (χ4v) is 4.91. The van der Waals surface area contributed by atoms with Crippen molar-refractivity contribution in [2.24, 2.45) is 0 Å². The molecule has 0 saturated heterocycles. The fraction of sp³-hybridized carbons (Fsp3) is 0.0909. The van der Waals surface area contributed by atoms with Gasteiger partial charge in [-0.05, 0) is 18.2 Å². The van der Waals surface area contributed by atoms with Crippen molar-refractivity contribution in [3.63, 3.8) is 0 Å². The van der Waals surface area contributed by atoms with Crippen molar-refractivity contribution in [2.45, 2.75) is 11.7 Å². The lowest BCUT2D eigenvalue weighted by molar-refractivity contribution is -0.113. The molecule has 0 unspecified atom stereocenters. The van der Waals surface area contributed by atoms with Crippen LogP contribution in [0.1, 0.15) is 0 Å². The molecule has 4 rings (SSSR count). The van der Waals surface area contributed by atoms with Crippen LogP contribution in [0.25, 0.3) is 22.6 Å². The van der Waals surface area contributed by atoms with Crippen LogP contribution in [-0.2, 0) is 11.3 Å². The van der Waals surface area contributed by atoms with Crippen molar-refractivity contribution in [1.29, 1.82) is 0 Å². The number of halogens is 2. The minimum absolute atomic E-state index is 0.167. The van der Waals surface area contributed by atoms with Crippen LogP contribution in [0.4, 0.5) is 5.13 Å². The molecule has 0 bridgehead atoms. The van der Waals surface area contributed by atoms with E-state index in [0.717, 1.165) is 17.0 Å². The van der Waals surface area contributed by atoms with E-state index in [4.69, 9.17) is 23.2 Å². The fourth-order valence-electron chi connectivity index (χ4n) is 2.93. The molecule has 0 aliphatic carbocycles. The maximum Gasteiger partial charge on any atom is 0.236 e. The molecule has 0 saturated carbocycles. The summed E-state index contributed by atoms with van der Waals surface area (Å²) in [6.45, 7) is 4.35. The Labute approximate surface area is 203 Å². The number of thioether (sulfide) groups is 1. The van der Waals surface area contributed by atoms with Gasteiger partial charge in [-0.1, -0.05) is 71.4 Å². The third-order valence-electron chi connectivity index (χ3n) is 4.35. The quantitative estimate of drug-likeness (QED) is 0.226. The molecule has 0 aliphatic rings. The second-order valence-electron chi connectivity index (χ2n) is 6.57. The highest BCUT2D eigenvalue weighted by atomic mass is 35.5. The molecule has 32 heavy (non-hydrogen) atoms. The highest BCUT2D eigenvalue weighted by Crippen LogP contribution is 2.32. The van der Waals surface area contributed by atoms with Gasteiger partial charge in [0.2, 0.25) is 5.91 Å². The van der Waals surface area contributed by atoms with Crippen molar-refractivity contribution in [2.75, 3.05) is 11.1 Å². The number of hydrogen-bond acceptors (Lipinski definition) is 6. The molecule has 0 fully saturated rings. The number of thiazole rings is 1. The van der Waals surface area contributed by atoms with Gasteiger partial charge in [-0.15, -0.1) is 28.1 Å². The number of allylic oxidation sites excluding steroid dienone is 1. The standard InChI is InChI=1S/C22H17Cl2N5OS2/c1-2-10-29-20(14-6-4-3-5-7-14)27-28-22(29)32-13-19(30)26-21-25-18(12-31-21)16-9-8-15(23)11-17(16)24/h2-9,11-12H,1,10,13H2,(H,25,26,30). The summed E-state index contributed by atoms with van der Waals surface area (Å²) < 4.78 is 1.93. The summed E-state index contributed by atoms with van der Waals surface area (Å²) in [6.07, 6.45) is 1.78. The number of carbonyl (C=O) groups is 1. The predicted octanol–water partition coefficient (Wildman–Crippen LogP) is 6.29. The second-order valence-corrected chi connectivity index (χ2v) is 9.21. The van der Waals surface area contributed by atoms with Gasteiger partial charge in [0.25, 0.3) is 0 Å². The molecule has 2 heterocycles. The lowest BCUT2D eigenvalue weighted by Crippen LogP contribution is -2.14. The summed E-state index contributed by atoms with van der Waals surface area (Å²) in [7, 11) is 0. The summed E-state index contributed by atoms with van der Waals surface area (Å²) in [5.41, 5.74) is 2.39. The van der Waals surface area contributed by atoms with Crippen LogP contribution < -0.4 is 5.32 Å². The number of hydrogen-bond donors (Lipinski definition) is 1. The largest absolute Gasteiger partial charge is 0.301 e. The third-order valence-corrected chi connectivity index (χ3v) is 6.62. The molecule has 2 aromatic carbocycles. The van der Waals surface area contributed by atoms with Crippen LogP contribution in [0.3, 0.4) is 0 Å².